The second-order valence-corrected chi connectivity index (χ2v) is 15.1. The van der Waals surface area contributed by atoms with Gasteiger partial charge in [-0.1, -0.05) is 48.5 Å². The molecule has 4 fully saturated rings. The first kappa shape index (κ1) is 35.2. The van der Waals surface area contributed by atoms with Crippen LogP contribution in [0.1, 0.15) is 71.5 Å². The predicted octanol–water partition coefficient (Wildman–Crippen LogP) is 4.85. The molecule has 7 rings (SSSR count). The fraction of sp³-hybridized carbons (Fsp3) is 0.459. The van der Waals surface area contributed by atoms with E-state index in [-0.39, 0.29) is 57.7 Å². The van der Waals surface area contributed by atoms with Gasteiger partial charge in [0.25, 0.3) is 5.91 Å². The standard InChI is InChI=1S/C37H38F3N5O7/c1-34(2,3)52-31(48)26-12-8-7-11-24(26)16-44-17-25(15-41-44)29(46)42-18-27(30(47)45-28(19-51-33(45)50)23-9-5-4-6-10-23)35(20-42)21-43(22-35)32(49)36(13-14-36)37(38,39)40/h4-12,15,17,27-28H,13-14,16,18-22H2,1-3H3/t27-,28-/m0/s1. The summed E-state index contributed by atoms with van der Waals surface area (Å²) in [7, 11) is 0. The summed E-state index contributed by atoms with van der Waals surface area (Å²) >= 11 is 0. The number of aromatic nitrogens is 2. The number of carbonyl (C=O) groups excluding carboxylic acids is 5. The van der Waals surface area contributed by atoms with Crippen molar-refractivity contribution in [3.8, 4) is 0 Å². The normalized spacial score (nSPS) is 21.9. The number of ether oxygens (including phenoxy) is 2. The number of esters is 1. The molecule has 0 unspecified atom stereocenters. The average molecular weight is 722 g/mol. The number of carbonyl (C=O) groups is 5. The smallest absolute Gasteiger partial charge is 0.417 e. The van der Waals surface area contributed by atoms with Gasteiger partial charge in [-0.25, -0.2) is 14.5 Å². The molecule has 3 aliphatic heterocycles. The molecule has 4 amide bonds. The molecule has 3 aromatic rings. The monoisotopic (exact) mass is 721 g/mol. The van der Waals surface area contributed by atoms with E-state index >= 15 is 0 Å². The van der Waals surface area contributed by atoms with Crippen molar-refractivity contribution >= 4 is 29.8 Å². The van der Waals surface area contributed by atoms with Gasteiger partial charge in [0.1, 0.15) is 23.7 Å². The lowest BCUT2D eigenvalue weighted by Crippen LogP contribution is -2.66. The topological polar surface area (TPSA) is 131 Å². The van der Waals surface area contributed by atoms with Gasteiger partial charge in [-0.05, 0) is 50.8 Å². The molecule has 0 N–H and O–H groups in total. The molecule has 0 bridgehead atoms. The molecule has 52 heavy (non-hydrogen) atoms. The first-order valence-corrected chi connectivity index (χ1v) is 17.1. The van der Waals surface area contributed by atoms with E-state index in [1.807, 2.05) is 0 Å². The summed E-state index contributed by atoms with van der Waals surface area (Å²) in [4.78, 5) is 70.9. The molecule has 1 saturated carbocycles. The largest absolute Gasteiger partial charge is 0.456 e. The summed E-state index contributed by atoms with van der Waals surface area (Å²) in [5, 5.41) is 4.33. The van der Waals surface area contributed by atoms with Crippen LogP contribution < -0.4 is 0 Å². The van der Waals surface area contributed by atoms with Crippen LogP contribution in [0.15, 0.2) is 67.0 Å². The molecule has 274 valence electrons. The Morgan fingerprint density at radius 2 is 1.60 bits per heavy atom. The molecule has 1 spiro atoms. The number of likely N-dealkylation sites (tertiary alicyclic amines) is 2. The highest BCUT2D eigenvalue weighted by atomic mass is 19.4. The third kappa shape index (κ3) is 6.19. The minimum absolute atomic E-state index is 0.0312. The summed E-state index contributed by atoms with van der Waals surface area (Å²) in [6, 6.07) is 15.0. The molecular weight excluding hydrogens is 683 g/mol. The lowest BCUT2D eigenvalue weighted by atomic mass is 9.70. The Morgan fingerprint density at radius 3 is 2.25 bits per heavy atom. The van der Waals surface area contributed by atoms with E-state index in [2.05, 4.69) is 5.10 Å². The van der Waals surface area contributed by atoms with Gasteiger partial charge in [-0.2, -0.15) is 18.3 Å². The van der Waals surface area contributed by atoms with Crippen LogP contribution in [0.4, 0.5) is 18.0 Å². The molecule has 3 saturated heterocycles. The van der Waals surface area contributed by atoms with Crippen molar-refractivity contribution in [2.75, 3.05) is 32.8 Å². The summed E-state index contributed by atoms with van der Waals surface area (Å²) in [5.74, 6) is -3.64. The number of benzene rings is 2. The lowest BCUT2D eigenvalue weighted by molar-refractivity contribution is -0.205. The Balaban J connectivity index is 1.13. The molecule has 1 aromatic heterocycles. The molecular formula is C37H38F3N5O7. The SMILES string of the molecule is CC(C)(C)OC(=O)c1ccccc1Cn1cc(C(=O)N2C[C@@H](C(=O)N3C(=O)OC[C@H]3c3ccccc3)C3(C2)CN(C(=O)C2(C(F)(F)F)CC2)C3)cn1. The van der Waals surface area contributed by atoms with E-state index in [9.17, 15) is 37.1 Å². The number of amides is 4. The quantitative estimate of drug-likeness (QED) is 0.317. The summed E-state index contributed by atoms with van der Waals surface area (Å²) in [6.07, 6.45) is -3.27. The van der Waals surface area contributed by atoms with Crippen molar-refractivity contribution in [2.24, 2.45) is 16.7 Å². The van der Waals surface area contributed by atoms with Crippen LogP contribution in [0.5, 0.6) is 0 Å². The Hall–Kier alpha value is -5.21. The number of imide groups is 1. The van der Waals surface area contributed by atoms with Crippen LogP contribution in [0.3, 0.4) is 0 Å². The van der Waals surface area contributed by atoms with Crippen molar-refractivity contribution < 1.29 is 46.6 Å². The Morgan fingerprint density at radius 1 is 0.942 bits per heavy atom. The summed E-state index contributed by atoms with van der Waals surface area (Å²) in [6.45, 7) is 4.84. The van der Waals surface area contributed by atoms with E-state index < -0.39 is 64.4 Å². The number of hydrogen-bond acceptors (Lipinski definition) is 8. The van der Waals surface area contributed by atoms with E-state index in [1.54, 1.807) is 75.4 Å². The summed E-state index contributed by atoms with van der Waals surface area (Å²) < 4.78 is 53.9. The zero-order valence-corrected chi connectivity index (χ0v) is 28.9. The van der Waals surface area contributed by atoms with Crippen LogP contribution in [-0.4, -0.2) is 98.8 Å². The molecule has 4 heterocycles. The minimum Gasteiger partial charge on any atom is -0.456 e. The fourth-order valence-corrected chi connectivity index (χ4v) is 7.55. The van der Waals surface area contributed by atoms with Gasteiger partial charge >= 0.3 is 18.2 Å². The summed E-state index contributed by atoms with van der Waals surface area (Å²) in [5.41, 5.74) is -2.41. The second-order valence-electron chi connectivity index (χ2n) is 15.1. The maximum atomic E-state index is 14.3. The van der Waals surface area contributed by atoms with Gasteiger partial charge in [0, 0.05) is 37.8 Å². The molecule has 2 aromatic carbocycles. The maximum absolute atomic E-state index is 14.3. The highest BCUT2D eigenvalue weighted by Gasteiger charge is 2.72. The Labute approximate surface area is 297 Å². The highest BCUT2D eigenvalue weighted by molar-refractivity contribution is 5.98. The van der Waals surface area contributed by atoms with Gasteiger partial charge < -0.3 is 19.3 Å². The van der Waals surface area contributed by atoms with Gasteiger partial charge in [-0.3, -0.25) is 19.1 Å². The van der Waals surface area contributed by atoms with Crippen molar-refractivity contribution in [1.82, 2.24) is 24.5 Å². The molecule has 0 radical (unpaired) electrons. The van der Waals surface area contributed by atoms with Crippen molar-refractivity contribution in [3.05, 3.63) is 89.2 Å². The zero-order valence-electron chi connectivity index (χ0n) is 28.9. The molecule has 2 atom stereocenters. The van der Waals surface area contributed by atoms with E-state index in [0.29, 0.717) is 16.7 Å². The molecule has 1 aliphatic carbocycles. The second kappa shape index (κ2) is 12.5. The van der Waals surface area contributed by atoms with E-state index in [1.165, 1.54) is 22.0 Å². The van der Waals surface area contributed by atoms with Gasteiger partial charge in [0.2, 0.25) is 11.8 Å². The highest BCUT2D eigenvalue weighted by Crippen LogP contribution is 2.60. The van der Waals surface area contributed by atoms with E-state index in [4.69, 9.17) is 9.47 Å². The number of rotatable bonds is 7. The van der Waals surface area contributed by atoms with Gasteiger partial charge in [0.15, 0.2) is 0 Å². The number of hydrogen-bond donors (Lipinski definition) is 0. The first-order valence-electron chi connectivity index (χ1n) is 17.1. The maximum Gasteiger partial charge on any atom is 0.417 e. The third-order valence-electron chi connectivity index (χ3n) is 10.4. The van der Waals surface area contributed by atoms with Crippen molar-refractivity contribution in [3.63, 3.8) is 0 Å². The minimum atomic E-state index is -4.70. The van der Waals surface area contributed by atoms with Gasteiger partial charge in [-0.15, -0.1) is 0 Å². The van der Waals surface area contributed by atoms with Crippen LogP contribution in [0, 0.1) is 16.7 Å². The van der Waals surface area contributed by atoms with E-state index in [0.717, 1.165) is 9.80 Å². The zero-order chi connectivity index (χ0) is 37.2. The number of alkyl halides is 3. The predicted molar refractivity (Wildman–Crippen MR) is 176 cm³/mol. The third-order valence-corrected chi connectivity index (χ3v) is 10.4. The van der Waals surface area contributed by atoms with Crippen LogP contribution in [0.25, 0.3) is 0 Å². The Bertz CT molecular complexity index is 1930. The van der Waals surface area contributed by atoms with Crippen LogP contribution in [-0.2, 0) is 25.6 Å². The Kier molecular flexibility index (Phi) is 8.45. The van der Waals surface area contributed by atoms with Gasteiger partial charge in [0.05, 0.1) is 29.8 Å². The molecule has 4 aliphatic rings. The first-order chi connectivity index (χ1) is 24.5. The van der Waals surface area contributed by atoms with Crippen LogP contribution >= 0.6 is 0 Å². The number of cyclic esters (lactones) is 1. The number of nitrogens with zero attached hydrogens (tertiary/aromatic N) is 5. The average Bonchev–Trinajstić information content (AvgIpc) is 3.40. The number of halogens is 3. The van der Waals surface area contributed by atoms with Crippen LogP contribution in [0.2, 0.25) is 0 Å². The lowest BCUT2D eigenvalue weighted by Gasteiger charge is -2.51. The van der Waals surface area contributed by atoms with Crippen molar-refractivity contribution in [1.29, 1.82) is 0 Å². The molecule has 15 heteroatoms. The fourth-order valence-electron chi connectivity index (χ4n) is 7.55. The van der Waals surface area contributed by atoms with Crippen molar-refractivity contribution in [2.45, 2.75) is 58.0 Å². The molecule has 12 nitrogen and oxygen atoms in total.